The summed E-state index contributed by atoms with van der Waals surface area (Å²) in [4.78, 5) is 12.2. The summed E-state index contributed by atoms with van der Waals surface area (Å²) in [6.45, 7) is 2.39. The summed E-state index contributed by atoms with van der Waals surface area (Å²) in [6.07, 6.45) is -3.06. The number of ether oxygens (including phenoxy) is 1. The minimum absolute atomic E-state index is 0.286. The fraction of sp³-hybridized carbons (Fsp3) is 0.562. The highest BCUT2D eigenvalue weighted by Gasteiger charge is 2.47. The molecule has 0 spiro atoms. The van der Waals surface area contributed by atoms with E-state index in [9.17, 15) is 25.2 Å². The summed E-state index contributed by atoms with van der Waals surface area (Å²) in [5.74, 6) is 0.307. The van der Waals surface area contributed by atoms with Crippen LogP contribution in [0, 0.1) is 0 Å². The van der Waals surface area contributed by atoms with Gasteiger partial charge in [-0.1, -0.05) is 18.2 Å². The zero-order chi connectivity index (χ0) is 17.0. The molecular formula is C16H23NO6. The van der Waals surface area contributed by atoms with Gasteiger partial charge in [-0.05, 0) is 18.6 Å². The topological polar surface area (TPSA) is 110 Å². The highest BCUT2D eigenvalue weighted by Crippen LogP contribution is 2.27. The third-order valence-electron chi connectivity index (χ3n) is 4.05. The Morgan fingerprint density at radius 3 is 2.35 bits per heavy atom. The summed E-state index contributed by atoms with van der Waals surface area (Å²) in [5.41, 5.74) is 0. The van der Waals surface area contributed by atoms with Crippen molar-refractivity contribution in [1.29, 1.82) is 0 Å². The fourth-order valence-electron chi connectivity index (χ4n) is 2.95. The normalized spacial score (nSPS) is 33.3. The number of piperidine rings is 1. The maximum atomic E-state index is 10.4. The van der Waals surface area contributed by atoms with E-state index in [1.807, 2.05) is 23.1 Å². The van der Waals surface area contributed by atoms with Crippen LogP contribution in [0.2, 0.25) is 0 Å². The summed E-state index contributed by atoms with van der Waals surface area (Å²) < 4.78 is 4.78. The first kappa shape index (κ1) is 17.8. The lowest BCUT2D eigenvalue weighted by Gasteiger charge is -2.40. The van der Waals surface area contributed by atoms with Gasteiger partial charge in [0.2, 0.25) is 0 Å². The van der Waals surface area contributed by atoms with E-state index < -0.39 is 30.5 Å². The summed E-state index contributed by atoms with van der Waals surface area (Å²) >= 11 is 0. The van der Waals surface area contributed by atoms with E-state index in [0.29, 0.717) is 25.3 Å². The van der Waals surface area contributed by atoms with Gasteiger partial charge in [-0.3, -0.25) is 9.69 Å². The summed E-state index contributed by atoms with van der Waals surface area (Å²) in [5, 5.41) is 37.8. The van der Waals surface area contributed by atoms with Gasteiger partial charge in [0.1, 0.15) is 18.0 Å². The molecule has 2 saturated heterocycles. The molecule has 0 bridgehead atoms. The second-order valence-corrected chi connectivity index (χ2v) is 5.80. The lowest BCUT2D eigenvalue weighted by Crippen LogP contribution is -2.61. The molecule has 1 aromatic rings. The summed E-state index contributed by atoms with van der Waals surface area (Å²) in [7, 11) is 0. The molecule has 2 aliphatic heterocycles. The zero-order valence-corrected chi connectivity index (χ0v) is 12.9. The minimum Gasteiger partial charge on any atom is -0.427 e. The van der Waals surface area contributed by atoms with Gasteiger partial charge in [0.25, 0.3) is 0 Å². The smallest absolute Gasteiger partial charge is 0.308 e. The lowest BCUT2D eigenvalue weighted by atomic mass is 9.93. The first-order valence-electron chi connectivity index (χ1n) is 7.60. The van der Waals surface area contributed by atoms with Crippen LogP contribution in [0.25, 0.3) is 0 Å². The van der Waals surface area contributed by atoms with Crippen molar-refractivity contribution in [3.8, 4) is 5.75 Å². The molecule has 4 N–H and O–H groups in total. The second kappa shape index (κ2) is 7.85. The Morgan fingerprint density at radius 2 is 1.74 bits per heavy atom. The number of esters is 1. The third-order valence-corrected chi connectivity index (χ3v) is 4.05. The van der Waals surface area contributed by atoms with E-state index >= 15 is 0 Å². The number of para-hydroxylation sites is 1. The van der Waals surface area contributed by atoms with Crippen LogP contribution < -0.4 is 4.74 Å². The third kappa shape index (κ3) is 4.49. The first-order valence-corrected chi connectivity index (χ1v) is 7.60. The van der Waals surface area contributed by atoms with Gasteiger partial charge in [0.15, 0.2) is 0 Å². The molecule has 7 nitrogen and oxygen atoms in total. The average Bonchev–Trinajstić information content (AvgIpc) is 2.87. The van der Waals surface area contributed by atoms with Gasteiger partial charge in [0, 0.05) is 20.0 Å². The number of hydrogen-bond acceptors (Lipinski definition) is 7. The minimum atomic E-state index is -1.13. The number of fused-ring (bicyclic) bond motifs is 1. The van der Waals surface area contributed by atoms with Crippen molar-refractivity contribution in [2.45, 2.75) is 43.8 Å². The number of hydrogen-bond donors (Lipinski definition) is 4. The van der Waals surface area contributed by atoms with Crippen LogP contribution in [0.3, 0.4) is 0 Å². The van der Waals surface area contributed by atoms with Crippen LogP contribution >= 0.6 is 0 Å². The highest BCUT2D eigenvalue weighted by molar-refractivity contribution is 5.69. The van der Waals surface area contributed by atoms with Crippen molar-refractivity contribution < 1.29 is 30.0 Å². The monoisotopic (exact) mass is 325 g/mol. The quantitative estimate of drug-likeness (QED) is 0.392. The predicted molar refractivity (Wildman–Crippen MR) is 81.8 cm³/mol. The molecule has 0 aliphatic carbocycles. The van der Waals surface area contributed by atoms with E-state index in [1.165, 1.54) is 6.92 Å². The highest BCUT2D eigenvalue weighted by atomic mass is 16.5. The maximum Gasteiger partial charge on any atom is 0.308 e. The van der Waals surface area contributed by atoms with Crippen molar-refractivity contribution in [3.63, 3.8) is 0 Å². The molecule has 2 aliphatic rings. The van der Waals surface area contributed by atoms with Gasteiger partial charge in [-0.25, -0.2) is 0 Å². The van der Waals surface area contributed by atoms with Crippen molar-refractivity contribution >= 4 is 5.97 Å². The standard InChI is InChI=1S/C8H15NO4.C8H8O2/c10-4-1-2-9-3-5(11)7(12)8(13)6(4)9;1-7(9)10-8-5-3-2-4-6-8/h4-8,10-13H,1-3H2;2-6H,1H3/t4-,5-,6+,7+,8+;/m0./s1. The van der Waals surface area contributed by atoms with E-state index in [-0.39, 0.29) is 5.97 Å². The van der Waals surface area contributed by atoms with Crippen LogP contribution in [-0.2, 0) is 4.79 Å². The number of aliphatic hydroxyl groups excluding tert-OH is 4. The maximum absolute atomic E-state index is 10.4. The van der Waals surface area contributed by atoms with Crippen molar-refractivity contribution in [2.24, 2.45) is 0 Å². The van der Waals surface area contributed by atoms with Gasteiger partial charge in [0.05, 0.1) is 18.2 Å². The number of carbonyl (C=O) groups excluding carboxylic acids is 1. The van der Waals surface area contributed by atoms with Crippen LogP contribution in [0.1, 0.15) is 13.3 Å². The molecular weight excluding hydrogens is 302 g/mol. The zero-order valence-electron chi connectivity index (χ0n) is 12.9. The molecule has 1 aromatic carbocycles. The number of benzene rings is 1. The summed E-state index contributed by atoms with van der Waals surface area (Å²) in [6, 6.07) is 8.57. The molecule has 23 heavy (non-hydrogen) atoms. The second-order valence-electron chi connectivity index (χ2n) is 5.80. The largest absolute Gasteiger partial charge is 0.427 e. The van der Waals surface area contributed by atoms with Crippen LogP contribution in [0.5, 0.6) is 5.75 Å². The first-order chi connectivity index (χ1) is 10.9. The molecule has 3 rings (SSSR count). The molecule has 0 saturated carbocycles. The molecule has 0 unspecified atom stereocenters. The van der Waals surface area contributed by atoms with E-state index in [1.54, 1.807) is 12.1 Å². The van der Waals surface area contributed by atoms with Crippen molar-refractivity contribution in [2.75, 3.05) is 13.1 Å². The number of rotatable bonds is 1. The van der Waals surface area contributed by atoms with E-state index in [0.717, 1.165) is 0 Å². The fourth-order valence-corrected chi connectivity index (χ4v) is 2.95. The molecule has 5 atom stereocenters. The van der Waals surface area contributed by atoms with Crippen LogP contribution in [0.4, 0.5) is 0 Å². The Hall–Kier alpha value is -1.51. The van der Waals surface area contributed by atoms with Crippen LogP contribution in [-0.4, -0.2) is 74.8 Å². The Morgan fingerprint density at radius 1 is 1.09 bits per heavy atom. The molecule has 0 amide bonds. The molecule has 128 valence electrons. The molecule has 7 heteroatoms. The molecule has 2 heterocycles. The Balaban J connectivity index is 0.000000174. The number of aliphatic hydroxyl groups is 4. The van der Waals surface area contributed by atoms with Gasteiger partial charge in [-0.2, -0.15) is 0 Å². The number of carbonyl (C=O) groups is 1. The number of nitrogens with zero attached hydrogens (tertiary/aromatic N) is 1. The van der Waals surface area contributed by atoms with E-state index in [4.69, 9.17) is 4.74 Å². The Kier molecular flexibility index (Phi) is 6.09. The lowest BCUT2D eigenvalue weighted by molar-refractivity contribution is -0.140. The van der Waals surface area contributed by atoms with Crippen molar-refractivity contribution in [3.05, 3.63) is 30.3 Å². The van der Waals surface area contributed by atoms with Crippen molar-refractivity contribution in [1.82, 2.24) is 4.90 Å². The Labute approximate surface area is 134 Å². The van der Waals surface area contributed by atoms with Crippen LogP contribution in [0.15, 0.2) is 30.3 Å². The van der Waals surface area contributed by atoms with Gasteiger partial charge >= 0.3 is 5.97 Å². The van der Waals surface area contributed by atoms with E-state index in [2.05, 4.69) is 0 Å². The Bertz CT molecular complexity index is 511. The van der Waals surface area contributed by atoms with Gasteiger partial charge < -0.3 is 25.2 Å². The molecule has 2 fully saturated rings. The molecule has 0 radical (unpaired) electrons. The van der Waals surface area contributed by atoms with Gasteiger partial charge in [-0.15, -0.1) is 0 Å². The predicted octanol–water partition coefficient (Wildman–Crippen LogP) is -0.870. The molecule has 0 aromatic heterocycles. The average molecular weight is 325 g/mol. The SMILES string of the molecule is CC(=O)Oc1ccccc1.O[C@H]1[C@H](O)[C@@H](O)CN2CC[C@H](O)[C@H]12.